The molecule has 74 valence electrons. The van der Waals surface area contributed by atoms with Crippen molar-refractivity contribution in [1.29, 1.82) is 5.39 Å². The first-order valence-electron chi connectivity index (χ1n) is 4.00. The quantitative estimate of drug-likeness (QED) is 0.608. The van der Waals surface area contributed by atoms with E-state index in [1.54, 1.807) is 17.8 Å². The maximum atomic E-state index is 8.88. The van der Waals surface area contributed by atoms with E-state index < -0.39 is 0 Å². The second-order valence-electron chi connectivity index (χ2n) is 2.97. The summed E-state index contributed by atoms with van der Waals surface area (Å²) >= 11 is 5.00. The fourth-order valence-electron chi connectivity index (χ4n) is 1.24. The molecule has 0 bridgehead atoms. The number of benzene rings is 1. The molecule has 0 saturated heterocycles. The van der Waals surface area contributed by atoms with Crippen LogP contribution in [0, 0.1) is 5.39 Å². The number of nitrogens with zero attached hydrogens (tertiary/aromatic N) is 3. The number of hydrogen-bond donors (Lipinski definition) is 0. The molecule has 1 aromatic rings. The van der Waals surface area contributed by atoms with E-state index in [1.165, 1.54) is 0 Å². The Kier molecular flexibility index (Phi) is 3.78. The molecule has 0 spiro atoms. The topological polar surface area (TPSA) is 31.4 Å². The summed E-state index contributed by atoms with van der Waals surface area (Å²) in [7, 11) is 3.86. The number of hydrogen-bond acceptors (Lipinski definition) is 3. The van der Waals surface area contributed by atoms with Gasteiger partial charge in [-0.2, -0.15) is 0 Å². The molecule has 0 unspecified atom stereocenters. The van der Waals surface area contributed by atoms with Crippen LogP contribution in [-0.4, -0.2) is 20.4 Å². The Morgan fingerprint density at radius 1 is 1.43 bits per heavy atom. The maximum absolute atomic E-state index is 8.88. The molecular weight excluding hydrogens is 262 g/mol. The van der Waals surface area contributed by atoms with Gasteiger partial charge in [0.1, 0.15) is 5.69 Å². The standard InChI is InChI=1S/C9H11BrN3S/c1-13(2)9-7(12-11)4-6(10)5-8(9)14-3/h4-5H,1-3H3/q+1. The Morgan fingerprint density at radius 3 is 2.50 bits per heavy atom. The van der Waals surface area contributed by atoms with E-state index in [0.717, 1.165) is 15.1 Å². The zero-order valence-corrected chi connectivity index (χ0v) is 10.7. The molecule has 0 N–H and O–H groups in total. The second-order valence-corrected chi connectivity index (χ2v) is 4.73. The predicted molar refractivity (Wildman–Crippen MR) is 65.0 cm³/mol. The van der Waals surface area contributed by atoms with Crippen molar-refractivity contribution in [2.24, 2.45) is 0 Å². The summed E-state index contributed by atoms with van der Waals surface area (Å²) in [6.45, 7) is 0. The van der Waals surface area contributed by atoms with Crippen molar-refractivity contribution in [3.05, 3.63) is 21.6 Å². The summed E-state index contributed by atoms with van der Waals surface area (Å²) in [5.74, 6) is 0. The first-order chi connectivity index (χ1) is 6.60. The molecule has 0 aliphatic heterocycles. The van der Waals surface area contributed by atoms with Gasteiger partial charge < -0.3 is 4.90 Å². The van der Waals surface area contributed by atoms with Gasteiger partial charge in [0.2, 0.25) is 5.39 Å². The molecule has 0 atom stereocenters. The average Bonchev–Trinajstić information content (AvgIpc) is 2.15. The van der Waals surface area contributed by atoms with Gasteiger partial charge in [-0.15, -0.1) is 11.8 Å². The highest BCUT2D eigenvalue weighted by molar-refractivity contribution is 9.10. The molecule has 1 aromatic carbocycles. The minimum Gasteiger partial charge on any atom is -0.370 e. The van der Waals surface area contributed by atoms with Gasteiger partial charge in [-0.25, -0.2) is 0 Å². The van der Waals surface area contributed by atoms with Crippen LogP contribution in [0.2, 0.25) is 0 Å². The van der Waals surface area contributed by atoms with Gasteiger partial charge in [-0.05, 0) is 12.3 Å². The van der Waals surface area contributed by atoms with E-state index in [2.05, 4.69) is 20.9 Å². The van der Waals surface area contributed by atoms with Crippen molar-refractivity contribution in [3.8, 4) is 0 Å². The zero-order chi connectivity index (χ0) is 10.7. The highest BCUT2D eigenvalue weighted by Crippen LogP contribution is 2.39. The summed E-state index contributed by atoms with van der Waals surface area (Å²) in [6, 6.07) is 3.80. The Morgan fingerprint density at radius 2 is 2.07 bits per heavy atom. The Bertz CT molecular complexity index is 384. The molecule has 1 rings (SSSR count). The average molecular weight is 273 g/mol. The van der Waals surface area contributed by atoms with Crippen LogP contribution < -0.4 is 4.90 Å². The number of diazo groups is 1. The van der Waals surface area contributed by atoms with E-state index in [4.69, 9.17) is 5.39 Å². The van der Waals surface area contributed by atoms with Gasteiger partial charge in [0.05, 0.1) is 6.07 Å². The molecule has 0 amide bonds. The molecule has 0 fully saturated rings. The summed E-state index contributed by atoms with van der Waals surface area (Å²) in [4.78, 5) is 6.29. The Balaban J connectivity index is 3.42. The summed E-state index contributed by atoms with van der Waals surface area (Å²) in [5, 5.41) is 8.88. The lowest BCUT2D eigenvalue weighted by molar-refractivity contribution is 1.10. The summed E-state index contributed by atoms with van der Waals surface area (Å²) < 4.78 is 0.917. The second kappa shape index (κ2) is 4.67. The van der Waals surface area contributed by atoms with Crippen molar-refractivity contribution in [2.75, 3.05) is 25.3 Å². The zero-order valence-electron chi connectivity index (χ0n) is 8.28. The maximum Gasteiger partial charge on any atom is 0.410 e. The molecule has 0 aliphatic carbocycles. The van der Waals surface area contributed by atoms with Crippen LogP contribution in [0.1, 0.15) is 0 Å². The number of rotatable bonds is 2. The van der Waals surface area contributed by atoms with E-state index >= 15 is 0 Å². The molecular formula is C9H11BrN3S+. The monoisotopic (exact) mass is 272 g/mol. The fourth-order valence-corrected chi connectivity index (χ4v) is 2.56. The number of halogens is 1. The first kappa shape index (κ1) is 11.3. The molecule has 0 aromatic heterocycles. The molecule has 0 saturated carbocycles. The fraction of sp³-hybridized carbons (Fsp3) is 0.333. The van der Waals surface area contributed by atoms with Gasteiger partial charge in [-0.3, -0.25) is 0 Å². The van der Waals surface area contributed by atoms with Gasteiger partial charge in [0, 0.05) is 23.5 Å². The molecule has 5 heteroatoms. The third-order valence-corrected chi connectivity index (χ3v) is 3.00. The smallest absolute Gasteiger partial charge is 0.370 e. The van der Waals surface area contributed by atoms with Crippen LogP contribution >= 0.6 is 27.7 Å². The van der Waals surface area contributed by atoms with E-state index in [9.17, 15) is 0 Å². The van der Waals surface area contributed by atoms with Crippen LogP contribution in [0.25, 0.3) is 4.98 Å². The van der Waals surface area contributed by atoms with Crippen molar-refractivity contribution in [1.82, 2.24) is 0 Å². The normalized spacial score (nSPS) is 9.64. The van der Waals surface area contributed by atoms with E-state index in [-0.39, 0.29) is 0 Å². The summed E-state index contributed by atoms with van der Waals surface area (Å²) in [5.41, 5.74) is 1.51. The molecule has 14 heavy (non-hydrogen) atoms. The molecule has 0 aliphatic rings. The Hall–Kier alpha value is -0.730. The lowest BCUT2D eigenvalue weighted by atomic mass is 10.2. The number of thioether (sulfide) groups is 1. The van der Waals surface area contributed by atoms with Gasteiger partial charge in [0.25, 0.3) is 0 Å². The van der Waals surface area contributed by atoms with Crippen molar-refractivity contribution >= 4 is 39.1 Å². The highest BCUT2D eigenvalue weighted by Gasteiger charge is 2.20. The largest absolute Gasteiger partial charge is 0.410 e. The van der Waals surface area contributed by atoms with Gasteiger partial charge in [0.15, 0.2) is 4.98 Å². The molecule has 3 nitrogen and oxygen atoms in total. The van der Waals surface area contributed by atoms with Crippen molar-refractivity contribution < 1.29 is 0 Å². The van der Waals surface area contributed by atoms with Gasteiger partial charge in [-0.1, -0.05) is 15.9 Å². The van der Waals surface area contributed by atoms with Crippen LogP contribution in [0.3, 0.4) is 0 Å². The van der Waals surface area contributed by atoms with Gasteiger partial charge >= 0.3 is 5.69 Å². The first-order valence-corrected chi connectivity index (χ1v) is 6.02. The van der Waals surface area contributed by atoms with Crippen molar-refractivity contribution in [2.45, 2.75) is 4.90 Å². The minimum atomic E-state index is 0.578. The Labute approximate surface area is 96.2 Å². The highest BCUT2D eigenvalue weighted by atomic mass is 79.9. The van der Waals surface area contributed by atoms with Crippen LogP contribution in [-0.2, 0) is 0 Å². The minimum absolute atomic E-state index is 0.578. The molecule has 0 radical (unpaired) electrons. The third kappa shape index (κ3) is 2.20. The number of anilines is 1. The predicted octanol–water partition coefficient (Wildman–Crippen LogP) is 3.72. The lowest BCUT2D eigenvalue weighted by Crippen LogP contribution is -2.09. The SMILES string of the molecule is CSc1cc(Br)cc([N+]#N)c1N(C)C. The van der Waals surface area contributed by atoms with Crippen LogP contribution in [0.15, 0.2) is 21.5 Å². The summed E-state index contributed by atoms with van der Waals surface area (Å²) in [6.07, 6.45) is 2.00. The van der Waals surface area contributed by atoms with E-state index in [0.29, 0.717) is 5.69 Å². The van der Waals surface area contributed by atoms with Crippen LogP contribution in [0.4, 0.5) is 11.4 Å². The van der Waals surface area contributed by atoms with Crippen LogP contribution in [0.5, 0.6) is 0 Å². The van der Waals surface area contributed by atoms with Crippen molar-refractivity contribution in [3.63, 3.8) is 0 Å². The third-order valence-electron chi connectivity index (χ3n) is 1.79. The lowest BCUT2D eigenvalue weighted by Gasteiger charge is -2.13. The molecule has 0 heterocycles. The van der Waals surface area contributed by atoms with E-state index in [1.807, 2.05) is 31.3 Å².